The number of nitrogens with zero attached hydrogens (tertiary/aromatic N) is 4. The Morgan fingerprint density at radius 3 is 2.73 bits per heavy atom. The average molecular weight is 501 g/mol. The van der Waals surface area contributed by atoms with Crippen molar-refractivity contribution in [2.45, 2.75) is 32.4 Å². The average Bonchev–Trinajstić information content (AvgIpc) is 3.55. The highest BCUT2D eigenvalue weighted by Crippen LogP contribution is 2.37. The minimum Gasteiger partial charge on any atom is -0.494 e. The molecule has 0 unspecified atom stereocenters. The first-order valence-electron chi connectivity index (χ1n) is 11.9. The summed E-state index contributed by atoms with van der Waals surface area (Å²) in [5.74, 6) is 5.77. The van der Waals surface area contributed by atoms with Gasteiger partial charge in [0.15, 0.2) is 11.5 Å². The molecule has 0 spiro atoms. The zero-order chi connectivity index (χ0) is 25.9. The lowest BCUT2D eigenvalue weighted by Crippen LogP contribution is -2.30. The number of likely N-dealkylation sites (tertiary alicyclic amines) is 1. The predicted molar refractivity (Wildman–Crippen MR) is 135 cm³/mol. The summed E-state index contributed by atoms with van der Waals surface area (Å²) in [4.78, 5) is 23.7. The van der Waals surface area contributed by atoms with E-state index in [4.69, 9.17) is 14.5 Å². The van der Waals surface area contributed by atoms with E-state index in [0.717, 1.165) is 18.4 Å². The molecule has 2 aromatic heterocycles. The van der Waals surface area contributed by atoms with E-state index in [1.54, 1.807) is 42.4 Å². The second-order valence-electron chi connectivity index (χ2n) is 8.50. The molecule has 2 aromatic carbocycles. The maximum Gasteiger partial charge on any atom is 0.299 e. The third kappa shape index (κ3) is 4.47. The van der Waals surface area contributed by atoms with Crippen molar-refractivity contribution in [3.63, 3.8) is 0 Å². The first-order chi connectivity index (χ1) is 18.0. The third-order valence-corrected chi connectivity index (χ3v) is 6.35. The number of hydrogen-bond donors (Lipinski definition) is 1. The molecule has 1 N–H and O–H groups in total. The monoisotopic (exact) mass is 500 g/mol. The van der Waals surface area contributed by atoms with Crippen LogP contribution in [0.25, 0.3) is 16.8 Å². The van der Waals surface area contributed by atoms with Crippen molar-refractivity contribution in [1.29, 1.82) is 0 Å². The van der Waals surface area contributed by atoms with Crippen molar-refractivity contribution in [3.05, 3.63) is 72.2 Å². The fraction of sp³-hybridized carbons (Fsp3) is 0.250. The zero-order valence-corrected chi connectivity index (χ0v) is 20.4. The maximum absolute atomic E-state index is 14.5. The highest BCUT2D eigenvalue weighted by atomic mass is 19.1. The Morgan fingerprint density at radius 2 is 2.00 bits per heavy atom. The second kappa shape index (κ2) is 10.3. The van der Waals surface area contributed by atoms with Crippen LogP contribution < -0.4 is 9.47 Å². The van der Waals surface area contributed by atoms with E-state index in [1.807, 2.05) is 16.5 Å². The van der Waals surface area contributed by atoms with Gasteiger partial charge in [-0.25, -0.2) is 4.98 Å². The number of aromatic nitrogens is 3. The first kappa shape index (κ1) is 24.3. The molecule has 1 atom stereocenters. The van der Waals surface area contributed by atoms with Crippen LogP contribution >= 0.6 is 0 Å². The number of fused-ring (bicyclic) bond motifs is 1. The maximum atomic E-state index is 14.5. The number of aliphatic hydroxyl groups excluding tert-OH is 1. The quantitative estimate of drug-likeness (QED) is 0.392. The van der Waals surface area contributed by atoms with Gasteiger partial charge in [0.2, 0.25) is 5.82 Å². The summed E-state index contributed by atoms with van der Waals surface area (Å²) in [7, 11) is 1.40. The summed E-state index contributed by atoms with van der Waals surface area (Å²) in [6.07, 6.45) is 5.00. The molecule has 188 valence electrons. The Balaban J connectivity index is 1.54. The minimum absolute atomic E-state index is 0.0507. The Bertz CT molecular complexity index is 1520. The van der Waals surface area contributed by atoms with Crippen molar-refractivity contribution >= 4 is 11.4 Å². The molecule has 4 aromatic rings. The SMILES string of the molecule is CC#CC(=O)N1CCC[C@H]1c1nc(-c2ccc(Oc3cccc(OC)c3F)cc2)c2c(CO)nccn12. The van der Waals surface area contributed by atoms with Crippen LogP contribution in [0, 0.1) is 17.7 Å². The van der Waals surface area contributed by atoms with Gasteiger partial charge in [-0.15, -0.1) is 0 Å². The van der Waals surface area contributed by atoms with E-state index in [-0.39, 0.29) is 30.1 Å². The molecule has 1 aliphatic rings. The normalized spacial score (nSPS) is 14.9. The van der Waals surface area contributed by atoms with E-state index in [1.165, 1.54) is 19.2 Å². The van der Waals surface area contributed by atoms with Crippen LogP contribution in [0.3, 0.4) is 0 Å². The van der Waals surface area contributed by atoms with Crippen molar-refractivity contribution < 1.29 is 23.8 Å². The molecular formula is C28H25FN4O4. The number of carbonyl (C=O) groups excluding carboxylic acids is 1. The molecule has 37 heavy (non-hydrogen) atoms. The zero-order valence-electron chi connectivity index (χ0n) is 20.4. The molecule has 3 heterocycles. The molecule has 1 amide bonds. The van der Waals surface area contributed by atoms with E-state index < -0.39 is 5.82 Å². The van der Waals surface area contributed by atoms with Gasteiger partial charge in [-0.3, -0.25) is 14.2 Å². The Hall–Kier alpha value is -4.42. The van der Waals surface area contributed by atoms with E-state index in [2.05, 4.69) is 16.8 Å². The molecule has 0 aliphatic carbocycles. The summed E-state index contributed by atoms with van der Waals surface area (Å²) in [5.41, 5.74) is 2.51. The molecule has 0 bridgehead atoms. The van der Waals surface area contributed by atoms with E-state index >= 15 is 0 Å². The van der Waals surface area contributed by atoms with Crippen molar-refractivity contribution in [2.75, 3.05) is 13.7 Å². The number of halogens is 1. The molecule has 0 saturated carbocycles. The van der Waals surface area contributed by atoms with Crippen LogP contribution in [0.2, 0.25) is 0 Å². The Kier molecular flexibility index (Phi) is 6.75. The van der Waals surface area contributed by atoms with Crippen LogP contribution in [0.4, 0.5) is 4.39 Å². The van der Waals surface area contributed by atoms with Crippen molar-refractivity contribution in [2.24, 2.45) is 0 Å². The molecule has 8 nitrogen and oxygen atoms in total. The smallest absolute Gasteiger partial charge is 0.299 e. The highest BCUT2D eigenvalue weighted by Gasteiger charge is 2.33. The number of methoxy groups -OCH3 is 1. The van der Waals surface area contributed by atoms with Gasteiger partial charge in [-0.1, -0.05) is 12.0 Å². The summed E-state index contributed by atoms with van der Waals surface area (Å²) in [6, 6.07) is 11.5. The minimum atomic E-state index is -0.582. The number of ether oxygens (including phenoxy) is 2. The van der Waals surface area contributed by atoms with Crippen LogP contribution in [-0.4, -0.2) is 43.9 Å². The van der Waals surface area contributed by atoms with Crippen molar-refractivity contribution in [1.82, 2.24) is 19.3 Å². The number of aliphatic hydroxyl groups is 1. The molecule has 1 fully saturated rings. The molecule has 1 aliphatic heterocycles. The topological polar surface area (TPSA) is 89.2 Å². The lowest BCUT2D eigenvalue weighted by Gasteiger charge is -2.21. The molecular weight excluding hydrogens is 475 g/mol. The molecule has 9 heteroatoms. The summed E-state index contributed by atoms with van der Waals surface area (Å²) in [6.45, 7) is 1.97. The van der Waals surface area contributed by atoms with Gasteiger partial charge < -0.3 is 19.5 Å². The fourth-order valence-electron chi connectivity index (χ4n) is 4.67. The highest BCUT2D eigenvalue weighted by molar-refractivity contribution is 5.94. The van der Waals surface area contributed by atoms with Gasteiger partial charge >= 0.3 is 0 Å². The standard InChI is InChI=1S/C28H25FN4O4/c1-3-6-24(35)32-15-5-7-21(32)28-31-26(27-20(17-34)30-14-16-33(27)28)18-10-12-19(13-11-18)37-23-9-4-8-22(36-2)25(23)29/h4,8-14,16,21,34H,5,7,15,17H2,1-2H3/t21-/m0/s1. The number of hydrogen-bond acceptors (Lipinski definition) is 6. The summed E-state index contributed by atoms with van der Waals surface area (Å²) >= 11 is 0. The summed E-state index contributed by atoms with van der Waals surface area (Å²) in [5, 5.41) is 10.0. The van der Waals surface area contributed by atoms with E-state index in [9.17, 15) is 14.3 Å². The number of imidazole rings is 1. The molecule has 0 radical (unpaired) electrons. The Morgan fingerprint density at radius 1 is 1.22 bits per heavy atom. The van der Waals surface area contributed by atoms with Crippen LogP contribution in [-0.2, 0) is 11.4 Å². The second-order valence-corrected chi connectivity index (χ2v) is 8.50. The van der Waals surface area contributed by atoms with Crippen LogP contribution in [0.15, 0.2) is 54.9 Å². The van der Waals surface area contributed by atoms with Crippen LogP contribution in [0.1, 0.15) is 37.3 Å². The number of benzene rings is 2. The first-order valence-corrected chi connectivity index (χ1v) is 11.9. The summed E-state index contributed by atoms with van der Waals surface area (Å²) < 4.78 is 27.2. The number of amides is 1. The van der Waals surface area contributed by atoms with Gasteiger partial charge in [0.25, 0.3) is 5.91 Å². The Labute approximate surface area is 213 Å². The van der Waals surface area contributed by atoms with E-state index in [0.29, 0.717) is 35.0 Å². The van der Waals surface area contributed by atoms with Gasteiger partial charge in [0.1, 0.15) is 11.6 Å². The predicted octanol–water partition coefficient (Wildman–Crippen LogP) is 4.52. The van der Waals surface area contributed by atoms with Gasteiger partial charge in [-0.2, -0.15) is 4.39 Å². The molecule has 1 saturated heterocycles. The van der Waals surface area contributed by atoms with Gasteiger partial charge in [-0.05, 0) is 62.1 Å². The largest absolute Gasteiger partial charge is 0.494 e. The number of rotatable bonds is 6. The van der Waals surface area contributed by atoms with Gasteiger partial charge in [0.05, 0.1) is 36.7 Å². The lowest BCUT2D eigenvalue weighted by atomic mass is 10.1. The molecule has 5 rings (SSSR count). The fourth-order valence-corrected chi connectivity index (χ4v) is 4.67. The van der Waals surface area contributed by atoms with Gasteiger partial charge in [0, 0.05) is 24.5 Å². The van der Waals surface area contributed by atoms with Crippen molar-refractivity contribution in [3.8, 4) is 40.3 Å². The lowest BCUT2D eigenvalue weighted by molar-refractivity contribution is -0.126. The number of carbonyl (C=O) groups is 1. The van der Waals surface area contributed by atoms with Crippen LogP contribution in [0.5, 0.6) is 17.2 Å². The third-order valence-electron chi connectivity index (χ3n) is 6.35.